The van der Waals surface area contributed by atoms with E-state index in [4.69, 9.17) is 21.1 Å². The zero-order valence-electron chi connectivity index (χ0n) is 21.9. The van der Waals surface area contributed by atoms with Crippen molar-refractivity contribution in [2.45, 2.75) is 24.1 Å². The summed E-state index contributed by atoms with van der Waals surface area (Å²) in [7, 11) is 3.09. The Balaban J connectivity index is 1.37. The molecule has 3 amide bonds. The Bertz CT molecular complexity index is 1510. The van der Waals surface area contributed by atoms with E-state index < -0.39 is 47.2 Å². The summed E-state index contributed by atoms with van der Waals surface area (Å²) < 4.78 is 10.7. The lowest BCUT2D eigenvalue weighted by Gasteiger charge is -2.30. The van der Waals surface area contributed by atoms with Gasteiger partial charge in [0.05, 0.1) is 38.2 Å². The number of likely N-dealkylation sites (tertiary alicyclic amines) is 1. The van der Waals surface area contributed by atoms with Crippen LogP contribution in [0.5, 0.6) is 11.5 Å². The van der Waals surface area contributed by atoms with Crippen LogP contribution in [0.4, 0.5) is 5.69 Å². The fraction of sp³-hybridized carbons (Fsp3) is 0.300. The number of hydrogen-bond acceptors (Lipinski definition) is 7. The predicted molar refractivity (Wildman–Crippen MR) is 147 cm³/mol. The number of benzene rings is 3. The van der Waals surface area contributed by atoms with E-state index in [0.29, 0.717) is 39.8 Å². The minimum Gasteiger partial charge on any atom is -0.493 e. The molecule has 2 saturated heterocycles. The Labute approximate surface area is 236 Å². The van der Waals surface area contributed by atoms with E-state index in [2.05, 4.69) is 10.6 Å². The first-order valence-electron chi connectivity index (χ1n) is 13.0. The van der Waals surface area contributed by atoms with Crippen molar-refractivity contribution in [1.82, 2.24) is 10.2 Å². The third-order valence-corrected chi connectivity index (χ3v) is 8.52. The Kier molecular flexibility index (Phi) is 6.53. The third-order valence-electron chi connectivity index (χ3n) is 8.27. The molecule has 0 unspecified atom stereocenters. The number of aliphatic hydroxyl groups is 1. The molecule has 3 aliphatic rings. The van der Waals surface area contributed by atoms with E-state index in [1.165, 1.54) is 4.90 Å². The van der Waals surface area contributed by atoms with Crippen LogP contribution in [0.2, 0.25) is 5.02 Å². The molecule has 40 heavy (non-hydrogen) atoms. The number of fused-ring (bicyclic) bond motifs is 4. The largest absolute Gasteiger partial charge is 0.493 e. The van der Waals surface area contributed by atoms with Crippen molar-refractivity contribution in [3.05, 3.63) is 88.4 Å². The van der Waals surface area contributed by atoms with Crippen LogP contribution in [-0.2, 0) is 26.3 Å². The summed E-state index contributed by atoms with van der Waals surface area (Å²) in [4.78, 5) is 42.9. The van der Waals surface area contributed by atoms with E-state index in [1.807, 2.05) is 12.1 Å². The molecule has 0 bridgehead atoms. The smallest absolute Gasteiger partial charge is 0.250 e. The Morgan fingerprint density at radius 2 is 1.70 bits per heavy atom. The molecule has 0 saturated carbocycles. The van der Waals surface area contributed by atoms with Gasteiger partial charge in [0.1, 0.15) is 5.54 Å². The van der Waals surface area contributed by atoms with Crippen molar-refractivity contribution in [2.24, 2.45) is 11.8 Å². The third kappa shape index (κ3) is 3.88. The van der Waals surface area contributed by atoms with E-state index in [0.717, 1.165) is 5.56 Å². The summed E-state index contributed by atoms with van der Waals surface area (Å²) in [5.74, 6) is -2.15. The van der Waals surface area contributed by atoms with Crippen molar-refractivity contribution < 1.29 is 29.0 Å². The fourth-order valence-electron chi connectivity index (χ4n) is 6.38. The maximum absolute atomic E-state index is 14.0. The average Bonchev–Trinajstić information content (AvgIpc) is 3.56. The highest BCUT2D eigenvalue weighted by molar-refractivity contribution is 6.30. The van der Waals surface area contributed by atoms with Gasteiger partial charge in [0.15, 0.2) is 11.5 Å². The monoisotopic (exact) mass is 561 g/mol. The number of halogens is 1. The molecule has 0 aromatic heterocycles. The number of imide groups is 1. The van der Waals surface area contributed by atoms with Crippen LogP contribution >= 0.6 is 11.6 Å². The van der Waals surface area contributed by atoms with Gasteiger partial charge in [-0.3, -0.25) is 24.6 Å². The first-order valence-corrected chi connectivity index (χ1v) is 13.4. The molecule has 3 aliphatic heterocycles. The molecule has 206 valence electrons. The van der Waals surface area contributed by atoms with E-state index in [9.17, 15) is 19.5 Å². The van der Waals surface area contributed by atoms with Crippen LogP contribution in [-0.4, -0.2) is 54.5 Å². The zero-order chi connectivity index (χ0) is 28.2. The maximum atomic E-state index is 14.0. The van der Waals surface area contributed by atoms with Crippen molar-refractivity contribution in [3.63, 3.8) is 0 Å². The molecule has 5 atom stereocenters. The lowest BCUT2D eigenvalue weighted by atomic mass is 9.76. The Hall–Kier alpha value is -3.92. The second-order valence-corrected chi connectivity index (χ2v) is 10.7. The molecule has 0 radical (unpaired) electrons. The number of anilines is 1. The molecule has 9 nitrogen and oxygen atoms in total. The molecule has 10 heteroatoms. The molecule has 6 rings (SSSR count). The molecule has 3 heterocycles. The summed E-state index contributed by atoms with van der Waals surface area (Å²) in [5.41, 5.74) is 1.04. The van der Waals surface area contributed by atoms with E-state index >= 15 is 0 Å². The van der Waals surface area contributed by atoms with Gasteiger partial charge < -0.3 is 19.9 Å². The summed E-state index contributed by atoms with van der Waals surface area (Å²) >= 11 is 6.05. The summed E-state index contributed by atoms with van der Waals surface area (Å²) in [5, 5.41) is 18.1. The summed E-state index contributed by atoms with van der Waals surface area (Å²) in [6, 6.07) is 18.3. The topological polar surface area (TPSA) is 117 Å². The molecular formula is C30H28ClN3O6. The number of aliphatic hydroxyl groups excluding tert-OH is 1. The second-order valence-electron chi connectivity index (χ2n) is 10.2. The van der Waals surface area contributed by atoms with Gasteiger partial charge in [-0.2, -0.15) is 0 Å². The van der Waals surface area contributed by atoms with Crippen molar-refractivity contribution >= 4 is 35.0 Å². The number of nitrogens with one attached hydrogen (secondary N) is 2. The summed E-state index contributed by atoms with van der Waals surface area (Å²) in [6.07, 6.45) is -0.794. The molecular weight excluding hydrogens is 534 g/mol. The Morgan fingerprint density at radius 1 is 0.975 bits per heavy atom. The number of carbonyl (C=O) groups excluding carboxylic acids is 3. The quantitative estimate of drug-likeness (QED) is 0.380. The lowest BCUT2D eigenvalue weighted by Crippen LogP contribution is -2.54. The second kappa shape index (κ2) is 9.92. The van der Waals surface area contributed by atoms with Gasteiger partial charge in [-0.25, -0.2) is 0 Å². The predicted octanol–water partition coefficient (Wildman–Crippen LogP) is 3.05. The number of ether oxygens (including phenoxy) is 2. The minimum absolute atomic E-state index is 0.114. The van der Waals surface area contributed by atoms with Gasteiger partial charge in [0, 0.05) is 22.8 Å². The molecule has 3 aromatic carbocycles. The van der Waals surface area contributed by atoms with Gasteiger partial charge in [0.25, 0.3) is 0 Å². The van der Waals surface area contributed by atoms with Crippen LogP contribution in [0.1, 0.15) is 22.8 Å². The number of carbonyl (C=O) groups is 3. The number of nitrogens with zero attached hydrogens (tertiary/aromatic N) is 1. The van der Waals surface area contributed by atoms with Crippen LogP contribution < -0.4 is 20.1 Å². The highest BCUT2D eigenvalue weighted by Crippen LogP contribution is 2.54. The first-order chi connectivity index (χ1) is 19.3. The number of hydrogen-bond donors (Lipinski definition) is 3. The average molecular weight is 562 g/mol. The molecule has 3 aromatic rings. The van der Waals surface area contributed by atoms with Gasteiger partial charge in [-0.15, -0.1) is 0 Å². The van der Waals surface area contributed by atoms with Crippen LogP contribution in [0, 0.1) is 11.8 Å². The van der Waals surface area contributed by atoms with Crippen molar-refractivity contribution in [3.8, 4) is 11.5 Å². The molecule has 3 N–H and O–H groups in total. The Morgan fingerprint density at radius 3 is 2.42 bits per heavy atom. The highest BCUT2D eigenvalue weighted by Gasteiger charge is 2.71. The fourth-order valence-corrected chi connectivity index (χ4v) is 6.51. The standard InChI is InChI=1S/C30H28ClN3O6/c1-39-21-12-7-16(15-22(21)40-2)13-14-34-27(36)23-24(28(34)37)30(19-5-3-4-6-20(19)32-29(30)38)33-25(23)26(35)17-8-10-18(31)11-9-17/h3-12,15,23-26,33,35H,13-14H2,1-2H3,(H,32,38)/t23-,24-,25+,26+,30+/m0/s1. The molecule has 0 aliphatic carbocycles. The minimum atomic E-state index is -1.50. The number of methoxy groups -OCH3 is 2. The van der Waals surface area contributed by atoms with Crippen molar-refractivity contribution in [2.75, 3.05) is 26.1 Å². The normalized spacial score (nSPS) is 25.6. The first kappa shape index (κ1) is 26.3. The van der Waals surface area contributed by atoms with Crippen LogP contribution in [0.3, 0.4) is 0 Å². The van der Waals surface area contributed by atoms with E-state index in [1.54, 1.807) is 68.8 Å². The zero-order valence-corrected chi connectivity index (χ0v) is 22.6. The number of amides is 3. The summed E-state index contributed by atoms with van der Waals surface area (Å²) in [6.45, 7) is 0.114. The molecule has 1 spiro atoms. The van der Waals surface area contributed by atoms with Crippen molar-refractivity contribution in [1.29, 1.82) is 0 Å². The van der Waals surface area contributed by atoms with Gasteiger partial charge in [0.2, 0.25) is 17.7 Å². The maximum Gasteiger partial charge on any atom is 0.250 e. The lowest BCUT2D eigenvalue weighted by molar-refractivity contribution is -0.143. The molecule has 2 fully saturated rings. The van der Waals surface area contributed by atoms with E-state index in [-0.39, 0.29) is 6.54 Å². The SMILES string of the molecule is COc1ccc(CCN2C(=O)[C@@H]3[C@H]([C@H](O)c4ccc(Cl)cc4)N[C@@]4(C(=O)Nc5ccccc54)[C@@H]3C2=O)cc1OC. The number of rotatable bonds is 7. The van der Waals surface area contributed by atoms with Crippen LogP contribution in [0.25, 0.3) is 0 Å². The van der Waals surface area contributed by atoms with Crippen LogP contribution in [0.15, 0.2) is 66.7 Å². The van der Waals surface area contributed by atoms with Gasteiger partial charge in [-0.05, 0) is 47.9 Å². The van der Waals surface area contributed by atoms with Gasteiger partial charge >= 0.3 is 0 Å². The number of para-hydroxylation sites is 1. The highest BCUT2D eigenvalue weighted by atomic mass is 35.5. The van der Waals surface area contributed by atoms with Gasteiger partial charge in [-0.1, -0.05) is 48.0 Å².